The summed E-state index contributed by atoms with van der Waals surface area (Å²) in [6, 6.07) is 6.23. The fourth-order valence-electron chi connectivity index (χ4n) is 2.38. The Morgan fingerprint density at radius 2 is 2.21 bits per heavy atom. The summed E-state index contributed by atoms with van der Waals surface area (Å²) in [7, 11) is 0. The Kier molecular flexibility index (Phi) is 6.15. The summed E-state index contributed by atoms with van der Waals surface area (Å²) in [5.74, 6) is 0.563. The molecule has 0 amide bonds. The van der Waals surface area contributed by atoms with Gasteiger partial charge in [-0.1, -0.05) is 60.0 Å². The van der Waals surface area contributed by atoms with Crippen molar-refractivity contribution in [1.29, 1.82) is 0 Å². The molecule has 0 spiro atoms. The SMILES string of the molecule is Cc1cccc2n[c-]n(CC3C=CC=CC3)c12.[CH3-].[Y]. The Morgan fingerprint density at radius 1 is 1.37 bits per heavy atom. The monoisotopic (exact) mass is 327 g/mol. The number of aromatic nitrogens is 2. The van der Waals surface area contributed by atoms with E-state index in [1.54, 1.807) is 0 Å². The molecule has 0 saturated heterocycles. The molecule has 0 aliphatic heterocycles. The summed E-state index contributed by atoms with van der Waals surface area (Å²) in [5.41, 5.74) is 3.53. The standard InChI is InChI=1S/C15H15N2.CH3.Y/c1-12-6-5-9-14-15(12)17(11-16-14)10-13-7-3-2-4-8-13;;/h2-7,9,13H,8,10H2,1H3;1H3;/q2*-1;. The normalized spacial score (nSPS) is 17.0. The molecular weight excluding hydrogens is 309 g/mol. The van der Waals surface area contributed by atoms with Gasteiger partial charge in [-0.2, -0.15) is 0 Å². The van der Waals surface area contributed by atoms with Crippen LogP contribution < -0.4 is 0 Å². The maximum Gasteiger partial charge on any atom is 0.00591 e. The molecule has 97 valence electrons. The van der Waals surface area contributed by atoms with E-state index in [-0.39, 0.29) is 40.1 Å². The van der Waals surface area contributed by atoms with Crippen LogP contribution in [-0.2, 0) is 39.3 Å². The van der Waals surface area contributed by atoms with Crippen molar-refractivity contribution in [3.63, 3.8) is 0 Å². The van der Waals surface area contributed by atoms with Crippen molar-refractivity contribution in [2.45, 2.75) is 19.9 Å². The Morgan fingerprint density at radius 3 is 2.95 bits per heavy atom. The first kappa shape index (κ1) is 16.3. The van der Waals surface area contributed by atoms with Crippen LogP contribution in [0.1, 0.15) is 12.0 Å². The van der Waals surface area contributed by atoms with E-state index in [2.05, 4.69) is 53.2 Å². The number of fused-ring (bicyclic) bond motifs is 1. The molecular formula is C16H18N2Y-2. The van der Waals surface area contributed by atoms with Crippen molar-refractivity contribution in [2.75, 3.05) is 0 Å². The molecule has 0 fully saturated rings. The molecule has 1 aliphatic rings. The van der Waals surface area contributed by atoms with Gasteiger partial charge in [-0.25, -0.2) is 0 Å². The predicted molar refractivity (Wildman–Crippen MR) is 76.1 cm³/mol. The fourth-order valence-corrected chi connectivity index (χ4v) is 2.38. The second kappa shape index (κ2) is 7.16. The van der Waals surface area contributed by atoms with Gasteiger partial charge in [0.1, 0.15) is 0 Å². The second-order valence-electron chi connectivity index (χ2n) is 4.57. The summed E-state index contributed by atoms with van der Waals surface area (Å²) >= 11 is 0. The number of para-hydroxylation sites is 1. The quantitative estimate of drug-likeness (QED) is 0.769. The molecule has 3 rings (SSSR count). The number of nitrogens with zero attached hydrogens (tertiary/aromatic N) is 2. The molecule has 1 radical (unpaired) electrons. The van der Waals surface area contributed by atoms with E-state index in [1.165, 1.54) is 11.1 Å². The molecule has 1 aromatic heterocycles. The van der Waals surface area contributed by atoms with Gasteiger partial charge in [0.15, 0.2) is 0 Å². The smallest absolute Gasteiger partial charge is 0.00591 e. The zero-order valence-electron chi connectivity index (χ0n) is 11.5. The van der Waals surface area contributed by atoms with E-state index in [0.29, 0.717) is 5.92 Å². The molecule has 3 heteroatoms. The number of benzene rings is 1. The van der Waals surface area contributed by atoms with Gasteiger partial charge < -0.3 is 17.0 Å². The van der Waals surface area contributed by atoms with Crippen LogP contribution in [0.3, 0.4) is 0 Å². The molecule has 1 aliphatic carbocycles. The van der Waals surface area contributed by atoms with E-state index >= 15 is 0 Å². The first-order valence-corrected chi connectivity index (χ1v) is 6.01. The molecule has 0 bridgehead atoms. The van der Waals surface area contributed by atoms with Gasteiger partial charge >= 0.3 is 0 Å². The van der Waals surface area contributed by atoms with E-state index in [4.69, 9.17) is 0 Å². The fraction of sp³-hybridized carbons (Fsp3) is 0.250. The number of allylic oxidation sites excluding steroid dienone is 4. The van der Waals surface area contributed by atoms with Crippen molar-refractivity contribution in [2.24, 2.45) is 5.92 Å². The minimum absolute atomic E-state index is 0. The first-order chi connectivity index (χ1) is 8.34. The van der Waals surface area contributed by atoms with Gasteiger partial charge in [-0.15, -0.1) is 6.07 Å². The van der Waals surface area contributed by atoms with Gasteiger partial charge in [0.25, 0.3) is 0 Å². The number of imidazole rings is 1. The molecule has 1 atom stereocenters. The predicted octanol–water partition coefficient (Wildman–Crippen LogP) is 3.73. The number of hydrogen-bond donors (Lipinski definition) is 0. The zero-order chi connectivity index (χ0) is 11.7. The Hall–Kier alpha value is -0.726. The summed E-state index contributed by atoms with van der Waals surface area (Å²) in [6.45, 7) is 3.09. The average molecular weight is 327 g/mol. The van der Waals surface area contributed by atoms with E-state index in [9.17, 15) is 0 Å². The van der Waals surface area contributed by atoms with Crippen LogP contribution in [0, 0.1) is 26.6 Å². The Balaban J connectivity index is 0.000000902. The molecule has 2 aromatic rings. The van der Waals surface area contributed by atoms with Gasteiger partial charge in [-0.05, 0) is 12.3 Å². The van der Waals surface area contributed by atoms with Gasteiger partial charge in [-0.3, -0.25) is 0 Å². The van der Waals surface area contributed by atoms with Crippen molar-refractivity contribution < 1.29 is 32.7 Å². The van der Waals surface area contributed by atoms with Crippen molar-refractivity contribution in [3.05, 3.63) is 61.8 Å². The zero-order valence-corrected chi connectivity index (χ0v) is 14.3. The minimum atomic E-state index is 0. The van der Waals surface area contributed by atoms with Gasteiger partial charge in [0.05, 0.1) is 0 Å². The molecule has 1 unspecified atom stereocenters. The van der Waals surface area contributed by atoms with E-state index in [1.807, 2.05) is 12.1 Å². The number of hydrogen-bond acceptors (Lipinski definition) is 1. The molecule has 2 nitrogen and oxygen atoms in total. The molecule has 19 heavy (non-hydrogen) atoms. The molecule has 0 saturated carbocycles. The summed E-state index contributed by atoms with van der Waals surface area (Å²) in [6.07, 6.45) is 12.9. The van der Waals surface area contributed by atoms with Crippen LogP contribution >= 0.6 is 0 Å². The maximum atomic E-state index is 4.34. The molecule has 1 heterocycles. The topological polar surface area (TPSA) is 17.8 Å². The van der Waals surface area contributed by atoms with Crippen LogP contribution in [-0.4, -0.2) is 9.55 Å². The summed E-state index contributed by atoms with van der Waals surface area (Å²) < 4.78 is 2.15. The van der Waals surface area contributed by atoms with E-state index in [0.717, 1.165) is 18.5 Å². The second-order valence-corrected chi connectivity index (χ2v) is 4.57. The van der Waals surface area contributed by atoms with E-state index < -0.39 is 0 Å². The van der Waals surface area contributed by atoms with Crippen molar-refractivity contribution in [1.82, 2.24) is 9.55 Å². The largest absolute Gasteiger partial charge is 0.446 e. The summed E-state index contributed by atoms with van der Waals surface area (Å²) in [4.78, 5) is 4.34. The van der Waals surface area contributed by atoms with Crippen LogP contribution in [0.25, 0.3) is 11.0 Å². The third kappa shape index (κ3) is 3.43. The van der Waals surface area contributed by atoms with Crippen LogP contribution in [0.4, 0.5) is 0 Å². The van der Waals surface area contributed by atoms with Gasteiger partial charge in [0.2, 0.25) is 0 Å². The molecule has 1 aromatic carbocycles. The van der Waals surface area contributed by atoms with Crippen molar-refractivity contribution >= 4 is 11.0 Å². The molecule has 0 N–H and O–H groups in total. The third-order valence-electron chi connectivity index (χ3n) is 3.26. The minimum Gasteiger partial charge on any atom is -0.446 e. The van der Waals surface area contributed by atoms with Crippen LogP contribution in [0.2, 0.25) is 0 Å². The maximum absolute atomic E-state index is 4.34. The first-order valence-electron chi connectivity index (χ1n) is 6.01. The summed E-state index contributed by atoms with van der Waals surface area (Å²) in [5, 5.41) is 0. The Bertz CT molecular complexity index is 596. The third-order valence-corrected chi connectivity index (χ3v) is 3.26. The number of rotatable bonds is 2. The average Bonchev–Trinajstić information content (AvgIpc) is 2.75. The van der Waals surface area contributed by atoms with Crippen molar-refractivity contribution in [3.8, 4) is 0 Å². The van der Waals surface area contributed by atoms with Crippen LogP contribution in [0.15, 0.2) is 42.5 Å². The van der Waals surface area contributed by atoms with Crippen LogP contribution in [0.5, 0.6) is 0 Å². The Labute approximate surface area is 140 Å². The van der Waals surface area contributed by atoms with Gasteiger partial charge in [0, 0.05) is 45.6 Å². The number of aryl methyl sites for hydroxylation is 1.